The maximum Gasteiger partial charge on any atom is 0.231 e. The number of carbonyl (C=O) groups excluding carboxylic acids is 1. The van der Waals surface area contributed by atoms with Gasteiger partial charge in [-0.2, -0.15) is 0 Å². The van der Waals surface area contributed by atoms with Crippen LogP contribution in [-0.2, 0) is 4.79 Å². The van der Waals surface area contributed by atoms with E-state index in [2.05, 4.69) is 30.8 Å². The summed E-state index contributed by atoms with van der Waals surface area (Å²) in [6.45, 7) is 5.32. The van der Waals surface area contributed by atoms with Crippen molar-refractivity contribution in [3.63, 3.8) is 0 Å². The zero-order valence-electron chi connectivity index (χ0n) is 13.6. The van der Waals surface area contributed by atoms with E-state index >= 15 is 0 Å². The number of hydrogen-bond acceptors (Lipinski definition) is 9. The van der Waals surface area contributed by atoms with Crippen molar-refractivity contribution < 1.29 is 14.3 Å². The topological polar surface area (TPSA) is 79.8 Å². The Morgan fingerprint density at radius 3 is 2.80 bits per heavy atom. The van der Waals surface area contributed by atoms with Crippen LogP contribution in [0.4, 0.5) is 10.3 Å². The number of anilines is 2. The van der Waals surface area contributed by atoms with Crippen LogP contribution in [-0.4, -0.2) is 53.4 Å². The molecular weight excluding hydrogens is 362 g/mol. The van der Waals surface area contributed by atoms with Crippen molar-refractivity contribution in [3.8, 4) is 11.5 Å². The molecule has 132 valence electrons. The molecule has 0 saturated carbocycles. The zero-order valence-corrected chi connectivity index (χ0v) is 15.2. The molecule has 0 atom stereocenters. The number of carbonyl (C=O) groups is 1. The Balaban J connectivity index is 1.32. The molecule has 0 aliphatic carbocycles. The Labute approximate surface area is 153 Å². The van der Waals surface area contributed by atoms with Crippen LogP contribution < -0.4 is 19.7 Å². The van der Waals surface area contributed by atoms with Gasteiger partial charge in [-0.05, 0) is 30.1 Å². The second-order valence-corrected chi connectivity index (χ2v) is 7.72. The molecule has 1 aromatic heterocycles. The normalized spacial score (nSPS) is 16.9. The lowest BCUT2D eigenvalue weighted by molar-refractivity contribution is -0.114. The van der Waals surface area contributed by atoms with Crippen LogP contribution in [0.3, 0.4) is 0 Å². The summed E-state index contributed by atoms with van der Waals surface area (Å²) in [7, 11) is 0. The number of rotatable bonds is 4. The molecule has 4 rings (SSSR count). The fourth-order valence-corrected chi connectivity index (χ4v) is 4.37. The molecular formula is C15H17N5O3S2. The van der Waals surface area contributed by atoms with Gasteiger partial charge in [0, 0.05) is 38.0 Å². The minimum Gasteiger partial charge on any atom is -0.454 e. The summed E-state index contributed by atoms with van der Waals surface area (Å²) >= 11 is 3.13. The fraction of sp³-hybridized carbons (Fsp3) is 0.400. The summed E-state index contributed by atoms with van der Waals surface area (Å²) < 4.78 is 13.1. The van der Waals surface area contributed by atoms with E-state index in [4.69, 9.17) is 9.47 Å². The summed E-state index contributed by atoms with van der Waals surface area (Å²) in [6, 6.07) is 6.02. The van der Waals surface area contributed by atoms with Crippen LogP contribution in [0.2, 0.25) is 0 Å². The van der Waals surface area contributed by atoms with E-state index in [1.54, 1.807) is 11.9 Å². The smallest absolute Gasteiger partial charge is 0.231 e. The number of fused-ring (bicyclic) bond motifs is 1. The molecule has 0 spiro atoms. The van der Waals surface area contributed by atoms with E-state index in [0.717, 1.165) is 47.7 Å². The van der Waals surface area contributed by atoms with Crippen LogP contribution in [0.1, 0.15) is 6.92 Å². The lowest BCUT2D eigenvalue weighted by Crippen LogP contribution is -2.43. The number of hydrogen-bond donors (Lipinski definition) is 1. The van der Waals surface area contributed by atoms with Gasteiger partial charge >= 0.3 is 0 Å². The summed E-state index contributed by atoms with van der Waals surface area (Å²) in [5.41, 5.74) is 0. The van der Waals surface area contributed by atoms with E-state index in [9.17, 15) is 4.79 Å². The maximum atomic E-state index is 11.1. The first-order valence-electron chi connectivity index (χ1n) is 7.86. The molecule has 25 heavy (non-hydrogen) atoms. The predicted molar refractivity (Wildman–Crippen MR) is 96.4 cm³/mol. The molecule has 0 radical (unpaired) electrons. The van der Waals surface area contributed by atoms with Gasteiger partial charge in [0.05, 0.1) is 0 Å². The van der Waals surface area contributed by atoms with Crippen molar-refractivity contribution >= 4 is 39.5 Å². The number of amides is 1. The van der Waals surface area contributed by atoms with Crippen molar-refractivity contribution in [2.24, 2.45) is 0 Å². The molecule has 2 aliphatic heterocycles. The second kappa shape index (κ2) is 7.06. The summed E-state index contributed by atoms with van der Waals surface area (Å²) in [5.74, 6) is 1.48. The predicted octanol–water partition coefficient (Wildman–Crippen LogP) is 2.05. The Morgan fingerprint density at radius 1 is 1.20 bits per heavy atom. The monoisotopic (exact) mass is 379 g/mol. The highest BCUT2D eigenvalue weighted by molar-refractivity contribution is 7.97. The average Bonchev–Trinajstić information content (AvgIpc) is 3.24. The molecule has 1 N–H and O–H groups in total. The zero-order chi connectivity index (χ0) is 17.2. The minimum absolute atomic E-state index is 0.132. The van der Waals surface area contributed by atoms with Gasteiger partial charge in [-0.25, -0.2) is 4.31 Å². The van der Waals surface area contributed by atoms with Crippen molar-refractivity contribution in [1.29, 1.82) is 0 Å². The molecule has 1 fully saturated rings. The molecule has 0 bridgehead atoms. The molecule has 2 aliphatic rings. The number of nitrogens with one attached hydrogen (secondary N) is 1. The third-order valence-corrected chi connectivity index (χ3v) is 5.77. The van der Waals surface area contributed by atoms with Crippen molar-refractivity contribution in [3.05, 3.63) is 18.2 Å². The molecule has 1 saturated heterocycles. The van der Waals surface area contributed by atoms with Gasteiger partial charge in [0.2, 0.25) is 23.0 Å². The van der Waals surface area contributed by atoms with Gasteiger partial charge in [0.15, 0.2) is 11.5 Å². The number of ether oxygens (including phenoxy) is 2. The van der Waals surface area contributed by atoms with Crippen LogP contribution >= 0.6 is 23.3 Å². The Morgan fingerprint density at radius 2 is 2.00 bits per heavy atom. The summed E-state index contributed by atoms with van der Waals surface area (Å²) in [5, 5.41) is 12.2. The maximum absolute atomic E-state index is 11.1. The number of nitrogens with zero attached hydrogens (tertiary/aromatic N) is 4. The van der Waals surface area contributed by atoms with Crippen molar-refractivity contribution in [2.75, 3.05) is 43.2 Å². The number of aromatic nitrogens is 2. The first kappa shape index (κ1) is 16.4. The third kappa shape index (κ3) is 3.80. The standard InChI is InChI=1S/C15H17N5O3S2/c1-10(21)16-14-17-18-15(24-14)19-4-6-20(7-5-19)25-11-2-3-12-13(8-11)23-9-22-12/h2-3,8H,4-7,9H2,1H3,(H,16,17,21). The lowest BCUT2D eigenvalue weighted by atomic mass is 10.3. The lowest BCUT2D eigenvalue weighted by Gasteiger charge is -2.33. The SMILES string of the molecule is CC(=O)Nc1nnc(N2CCN(Sc3ccc4c(c3)OCO4)CC2)s1. The molecule has 8 nitrogen and oxygen atoms in total. The van der Waals surface area contributed by atoms with Gasteiger partial charge in [-0.3, -0.25) is 4.79 Å². The van der Waals surface area contributed by atoms with Gasteiger partial charge in [0.1, 0.15) is 0 Å². The molecule has 2 aromatic rings. The highest BCUT2D eigenvalue weighted by Crippen LogP contribution is 2.37. The first-order valence-corrected chi connectivity index (χ1v) is 9.45. The van der Waals surface area contributed by atoms with Crippen LogP contribution in [0, 0.1) is 0 Å². The third-order valence-electron chi connectivity index (χ3n) is 3.78. The first-order chi connectivity index (χ1) is 12.2. The Hall–Kier alpha value is -2.04. The van der Waals surface area contributed by atoms with E-state index in [0.29, 0.717) is 11.9 Å². The second-order valence-electron chi connectivity index (χ2n) is 5.59. The van der Waals surface area contributed by atoms with Crippen LogP contribution in [0.25, 0.3) is 0 Å². The largest absolute Gasteiger partial charge is 0.454 e. The van der Waals surface area contributed by atoms with E-state index in [1.807, 2.05) is 12.1 Å². The molecule has 3 heterocycles. The van der Waals surface area contributed by atoms with E-state index in [1.165, 1.54) is 18.3 Å². The van der Waals surface area contributed by atoms with Gasteiger partial charge in [-0.1, -0.05) is 11.3 Å². The molecule has 0 unspecified atom stereocenters. The highest BCUT2D eigenvalue weighted by atomic mass is 32.2. The molecule has 1 amide bonds. The van der Waals surface area contributed by atoms with Crippen molar-refractivity contribution in [1.82, 2.24) is 14.5 Å². The van der Waals surface area contributed by atoms with Gasteiger partial charge in [-0.15, -0.1) is 10.2 Å². The molecule has 10 heteroatoms. The van der Waals surface area contributed by atoms with E-state index < -0.39 is 0 Å². The Kier molecular flexibility index (Phi) is 4.64. The average molecular weight is 379 g/mol. The fourth-order valence-electron chi connectivity index (χ4n) is 2.60. The Bertz CT molecular complexity index is 776. The summed E-state index contributed by atoms with van der Waals surface area (Å²) in [6.07, 6.45) is 0. The van der Waals surface area contributed by atoms with Gasteiger partial charge in [0.25, 0.3) is 0 Å². The van der Waals surface area contributed by atoms with Crippen LogP contribution in [0.5, 0.6) is 11.5 Å². The quantitative estimate of drug-likeness (QED) is 0.809. The molecule has 1 aromatic carbocycles. The minimum atomic E-state index is -0.132. The summed E-state index contributed by atoms with van der Waals surface area (Å²) in [4.78, 5) is 14.4. The number of benzene rings is 1. The number of piperazine rings is 1. The van der Waals surface area contributed by atoms with Gasteiger partial charge < -0.3 is 19.7 Å². The van der Waals surface area contributed by atoms with Crippen LogP contribution in [0.15, 0.2) is 23.1 Å². The highest BCUT2D eigenvalue weighted by Gasteiger charge is 2.22. The van der Waals surface area contributed by atoms with E-state index in [-0.39, 0.29) is 5.91 Å². The van der Waals surface area contributed by atoms with Crippen molar-refractivity contribution in [2.45, 2.75) is 11.8 Å².